The number of aliphatic hydroxyl groups is 1. The van der Waals surface area contributed by atoms with Gasteiger partial charge in [0.1, 0.15) is 0 Å². The topological polar surface area (TPSA) is 57.9 Å². The zero-order valence-electron chi connectivity index (χ0n) is 13.1. The predicted octanol–water partition coefficient (Wildman–Crippen LogP) is 2.35. The van der Waals surface area contributed by atoms with Crippen LogP contribution < -0.4 is 10.2 Å². The highest BCUT2D eigenvalue weighted by atomic mass is 16.3. The molecule has 0 bridgehead atoms. The number of carbonyl (C=O) groups is 1. The van der Waals surface area contributed by atoms with Crippen molar-refractivity contribution in [2.24, 2.45) is 5.92 Å². The average Bonchev–Trinajstić information content (AvgIpc) is 2.96. The van der Waals surface area contributed by atoms with E-state index in [-0.39, 0.29) is 6.03 Å². The first kappa shape index (κ1) is 15.2. The maximum Gasteiger partial charge on any atom is 0.344 e. The molecule has 0 spiro atoms. The smallest absolute Gasteiger partial charge is 0.344 e. The van der Waals surface area contributed by atoms with Gasteiger partial charge in [0.25, 0.3) is 0 Å². The van der Waals surface area contributed by atoms with Gasteiger partial charge in [-0.3, -0.25) is 0 Å². The first-order chi connectivity index (χ1) is 10.6. The molecule has 2 fully saturated rings. The first-order valence-corrected chi connectivity index (χ1v) is 8.15. The van der Waals surface area contributed by atoms with Gasteiger partial charge >= 0.3 is 6.03 Å². The lowest BCUT2D eigenvalue weighted by Crippen LogP contribution is -2.33. The highest BCUT2D eigenvalue weighted by Gasteiger charge is 2.25. The lowest BCUT2D eigenvalue weighted by atomic mass is 9.99. The number of amides is 2. The van der Waals surface area contributed by atoms with E-state index in [4.69, 9.17) is 0 Å². The molecule has 2 heterocycles. The van der Waals surface area contributed by atoms with Crippen molar-refractivity contribution in [1.29, 1.82) is 0 Å². The first-order valence-electron chi connectivity index (χ1n) is 8.15. The largest absolute Gasteiger partial charge is 0.391 e. The van der Waals surface area contributed by atoms with Gasteiger partial charge in [-0.1, -0.05) is 6.92 Å². The maximum absolute atomic E-state index is 12.0. The van der Waals surface area contributed by atoms with Crippen molar-refractivity contribution in [3.05, 3.63) is 24.3 Å². The molecule has 119 valence electrons. The highest BCUT2D eigenvalue weighted by Crippen LogP contribution is 2.24. The summed E-state index contributed by atoms with van der Waals surface area (Å²) in [5, 5.41) is 13.6. The van der Waals surface area contributed by atoms with E-state index in [1.54, 1.807) is 4.90 Å². The maximum atomic E-state index is 12.0. The van der Waals surface area contributed by atoms with Crippen LogP contribution in [-0.4, -0.2) is 48.3 Å². The molecule has 22 heavy (non-hydrogen) atoms. The molecule has 2 saturated heterocycles. The summed E-state index contributed by atoms with van der Waals surface area (Å²) in [6.45, 7) is 5.49. The van der Waals surface area contributed by atoms with Crippen molar-refractivity contribution in [2.45, 2.75) is 32.3 Å². The molecule has 2 aliphatic heterocycles. The minimum atomic E-state index is -0.400. The Bertz CT molecular complexity index is 509. The van der Waals surface area contributed by atoms with E-state index in [1.807, 2.05) is 24.3 Å². The summed E-state index contributed by atoms with van der Waals surface area (Å²) in [6, 6.07) is 7.63. The number of likely N-dealkylation sites (tertiary alicyclic amines) is 1. The monoisotopic (exact) mass is 302 g/mol. The molecule has 5 nitrogen and oxygen atoms in total. The molecule has 2 amide bonds. The summed E-state index contributed by atoms with van der Waals surface area (Å²) in [5.41, 5.74) is 1.88. The molecule has 0 unspecified atom stereocenters. The van der Waals surface area contributed by atoms with Gasteiger partial charge < -0.3 is 14.9 Å². The minimum absolute atomic E-state index is 0.254. The van der Waals surface area contributed by atoms with Gasteiger partial charge in [0.05, 0.1) is 11.8 Å². The minimum Gasteiger partial charge on any atom is -0.391 e. The standard InChI is InChI=1S/C17H24N3O2/c1-13-6-9-19(10-7-13)15-4-2-14(3-5-15)18-17(22)20-11-8-16(21)12-20/h2-5,13,16,21H,6-12H2,1H3/t16-/m1/s1. The lowest BCUT2D eigenvalue weighted by molar-refractivity contribution is 0.173. The van der Waals surface area contributed by atoms with Gasteiger partial charge in [-0.05, 0) is 49.4 Å². The van der Waals surface area contributed by atoms with Crippen LogP contribution in [0.3, 0.4) is 0 Å². The van der Waals surface area contributed by atoms with Gasteiger partial charge in [0.2, 0.25) is 0 Å². The summed E-state index contributed by atoms with van der Waals surface area (Å²) in [6.07, 6.45) is 2.72. The molecule has 1 aromatic rings. The van der Waals surface area contributed by atoms with Gasteiger partial charge in [0.15, 0.2) is 0 Å². The summed E-state index contributed by atoms with van der Waals surface area (Å²) >= 11 is 0. The number of urea groups is 1. The summed E-state index contributed by atoms with van der Waals surface area (Å²) < 4.78 is 0. The summed E-state index contributed by atoms with van der Waals surface area (Å²) in [7, 11) is 0. The number of benzene rings is 1. The molecular weight excluding hydrogens is 278 g/mol. The predicted molar refractivity (Wildman–Crippen MR) is 86.4 cm³/mol. The normalized spacial score (nSPS) is 22.9. The van der Waals surface area contributed by atoms with Crippen LogP contribution in [0.5, 0.6) is 0 Å². The fourth-order valence-corrected chi connectivity index (χ4v) is 3.10. The molecule has 3 rings (SSSR count). The second-order valence-electron chi connectivity index (χ2n) is 6.47. The average molecular weight is 302 g/mol. The van der Waals surface area contributed by atoms with Crippen molar-refractivity contribution in [3.63, 3.8) is 0 Å². The van der Waals surface area contributed by atoms with E-state index in [0.717, 1.165) is 19.0 Å². The number of carbonyl (C=O) groups excluding carboxylic acids is 1. The van der Waals surface area contributed by atoms with Crippen LogP contribution in [0, 0.1) is 5.92 Å². The molecule has 0 aliphatic carbocycles. The zero-order valence-corrected chi connectivity index (χ0v) is 13.1. The number of β-amino-alcohol motifs (C(OH)–C–C–N with tert-alkyl or cyclic N) is 1. The van der Waals surface area contributed by atoms with Crippen molar-refractivity contribution in [2.75, 3.05) is 31.1 Å². The van der Waals surface area contributed by atoms with Crippen LogP contribution in [0.2, 0.25) is 0 Å². The van der Waals surface area contributed by atoms with E-state index in [1.165, 1.54) is 18.5 Å². The van der Waals surface area contributed by atoms with Crippen molar-refractivity contribution in [1.82, 2.24) is 10.2 Å². The highest BCUT2D eigenvalue weighted by molar-refractivity contribution is 5.79. The third-order valence-corrected chi connectivity index (χ3v) is 4.66. The molecule has 5 heteroatoms. The third-order valence-electron chi connectivity index (χ3n) is 4.66. The van der Waals surface area contributed by atoms with E-state index >= 15 is 0 Å². The Morgan fingerprint density at radius 3 is 2.41 bits per heavy atom. The number of anilines is 1. The Morgan fingerprint density at radius 2 is 1.82 bits per heavy atom. The summed E-state index contributed by atoms with van der Waals surface area (Å²) in [5.74, 6) is 0.818. The van der Waals surface area contributed by atoms with Crippen LogP contribution in [0.1, 0.15) is 26.2 Å². The fraction of sp³-hybridized carbons (Fsp3) is 0.588. The number of nitrogens with zero attached hydrogens (tertiary/aromatic N) is 3. The zero-order chi connectivity index (χ0) is 15.5. The Balaban J connectivity index is 1.56. The second-order valence-corrected chi connectivity index (χ2v) is 6.47. The van der Waals surface area contributed by atoms with E-state index in [0.29, 0.717) is 25.2 Å². The number of hydrogen-bond donors (Lipinski definition) is 1. The Hall–Kier alpha value is -1.75. The van der Waals surface area contributed by atoms with Gasteiger partial charge in [-0.15, -0.1) is 0 Å². The fourth-order valence-electron chi connectivity index (χ4n) is 3.10. The molecule has 2 aliphatic rings. The molecular formula is C17H24N3O2. The van der Waals surface area contributed by atoms with Crippen LogP contribution in [0.4, 0.5) is 16.2 Å². The number of hydrogen-bond acceptors (Lipinski definition) is 3. The van der Waals surface area contributed by atoms with Crippen molar-refractivity contribution >= 4 is 17.4 Å². The number of piperidine rings is 1. The number of aliphatic hydroxyl groups excluding tert-OH is 1. The van der Waals surface area contributed by atoms with Gasteiger partial charge in [0, 0.05) is 31.9 Å². The van der Waals surface area contributed by atoms with Crippen LogP contribution >= 0.6 is 0 Å². The molecule has 1 atom stereocenters. The van der Waals surface area contributed by atoms with Gasteiger partial charge in [-0.25, -0.2) is 4.79 Å². The third kappa shape index (κ3) is 3.53. The quantitative estimate of drug-likeness (QED) is 0.912. The molecule has 1 radical (unpaired) electrons. The molecule has 0 aromatic heterocycles. The second kappa shape index (κ2) is 6.57. The summed E-state index contributed by atoms with van der Waals surface area (Å²) in [4.78, 5) is 16.0. The van der Waals surface area contributed by atoms with Crippen LogP contribution in [-0.2, 0) is 0 Å². The van der Waals surface area contributed by atoms with Crippen LogP contribution in [0.15, 0.2) is 24.3 Å². The van der Waals surface area contributed by atoms with Crippen molar-refractivity contribution in [3.8, 4) is 0 Å². The molecule has 1 N–H and O–H groups in total. The van der Waals surface area contributed by atoms with E-state index in [2.05, 4.69) is 17.1 Å². The lowest BCUT2D eigenvalue weighted by Gasteiger charge is -2.32. The van der Waals surface area contributed by atoms with E-state index in [9.17, 15) is 9.90 Å². The van der Waals surface area contributed by atoms with Crippen molar-refractivity contribution < 1.29 is 9.90 Å². The van der Waals surface area contributed by atoms with Gasteiger partial charge in [-0.2, -0.15) is 5.32 Å². The van der Waals surface area contributed by atoms with E-state index < -0.39 is 6.10 Å². The Labute approximate surface area is 131 Å². The van der Waals surface area contributed by atoms with Crippen LogP contribution in [0.25, 0.3) is 0 Å². The molecule has 1 aromatic carbocycles. The Kier molecular flexibility index (Phi) is 4.52. The Morgan fingerprint density at radius 1 is 1.14 bits per heavy atom. The number of rotatable bonds is 2. The SMILES string of the molecule is CC1CCN(c2ccc([N]C(=O)N3CC[C@@H](O)C3)cc2)CC1. The molecule has 0 saturated carbocycles.